The van der Waals surface area contributed by atoms with Gasteiger partial charge in [0, 0.05) is 6.04 Å². The molecule has 0 radical (unpaired) electrons. The molecule has 0 saturated carbocycles. The number of hydrogen-bond acceptors (Lipinski definition) is 4. The number of halogens is 2. The van der Waals surface area contributed by atoms with Crippen LogP contribution in [0.4, 0.5) is 0 Å². The Kier molecular flexibility index (Phi) is 4.74. The molecule has 0 amide bonds. The van der Waals surface area contributed by atoms with Crippen molar-refractivity contribution in [2.75, 3.05) is 11.5 Å². The molecule has 1 heterocycles. The Morgan fingerprint density at radius 2 is 2.16 bits per heavy atom. The predicted octanol–water partition coefficient (Wildman–Crippen LogP) is 1.80. The fraction of sp³-hybridized carbons (Fsp3) is 0.500. The molecule has 1 saturated heterocycles. The lowest BCUT2D eigenvalue weighted by molar-refractivity contribution is 0.385. The summed E-state index contributed by atoms with van der Waals surface area (Å²) < 4.78 is 23.0. The minimum Gasteiger partial charge on any atom is -0.271 e. The molecule has 1 fully saturated rings. The number of sulfone groups is 1. The standard InChI is InChI=1S/C12H16Cl2N2O2S/c13-10-3-1-2-8(12(10)14)6-11(16-15)9-4-5-19(17,18)7-9/h1-3,9,11,16H,4-7,15H2. The molecule has 3 N–H and O–H groups in total. The van der Waals surface area contributed by atoms with Crippen LogP contribution < -0.4 is 11.3 Å². The van der Waals surface area contributed by atoms with Crippen molar-refractivity contribution in [2.45, 2.75) is 18.9 Å². The first kappa shape index (κ1) is 15.1. The summed E-state index contributed by atoms with van der Waals surface area (Å²) in [6.45, 7) is 0. The van der Waals surface area contributed by atoms with Crippen LogP contribution in [0.3, 0.4) is 0 Å². The third-order valence-corrected chi connectivity index (χ3v) is 6.17. The first-order chi connectivity index (χ1) is 8.93. The molecule has 1 aromatic carbocycles. The largest absolute Gasteiger partial charge is 0.271 e. The van der Waals surface area contributed by atoms with Crippen LogP contribution in [0, 0.1) is 5.92 Å². The zero-order valence-electron chi connectivity index (χ0n) is 10.3. The van der Waals surface area contributed by atoms with Crippen molar-refractivity contribution in [3.8, 4) is 0 Å². The van der Waals surface area contributed by atoms with E-state index in [0.29, 0.717) is 22.9 Å². The van der Waals surface area contributed by atoms with E-state index in [1.54, 1.807) is 6.07 Å². The Morgan fingerprint density at radius 1 is 1.42 bits per heavy atom. The van der Waals surface area contributed by atoms with Crippen LogP contribution in [0.25, 0.3) is 0 Å². The predicted molar refractivity (Wildman–Crippen MR) is 78.0 cm³/mol. The minimum atomic E-state index is -2.92. The van der Waals surface area contributed by atoms with E-state index in [0.717, 1.165) is 5.56 Å². The van der Waals surface area contributed by atoms with Crippen molar-refractivity contribution >= 4 is 33.0 Å². The third-order valence-electron chi connectivity index (χ3n) is 3.52. The van der Waals surface area contributed by atoms with Gasteiger partial charge in [-0.15, -0.1) is 0 Å². The highest BCUT2D eigenvalue weighted by atomic mass is 35.5. The molecular weight excluding hydrogens is 307 g/mol. The zero-order valence-corrected chi connectivity index (χ0v) is 12.6. The number of nitrogens with one attached hydrogen (secondary N) is 1. The summed E-state index contributed by atoms with van der Waals surface area (Å²) in [7, 11) is -2.92. The second kappa shape index (κ2) is 5.97. The Balaban J connectivity index is 2.14. The van der Waals surface area contributed by atoms with Gasteiger partial charge in [0.05, 0.1) is 21.6 Å². The Hall–Kier alpha value is -0.330. The maximum Gasteiger partial charge on any atom is 0.150 e. The van der Waals surface area contributed by atoms with Crippen LogP contribution in [0.15, 0.2) is 18.2 Å². The Labute approximate surface area is 123 Å². The first-order valence-corrected chi connectivity index (χ1v) is 8.60. The molecule has 0 aromatic heterocycles. The van der Waals surface area contributed by atoms with Gasteiger partial charge in [-0.2, -0.15) is 0 Å². The topological polar surface area (TPSA) is 72.2 Å². The zero-order chi connectivity index (χ0) is 14.0. The summed E-state index contributed by atoms with van der Waals surface area (Å²) in [5, 5.41) is 0.999. The van der Waals surface area contributed by atoms with E-state index < -0.39 is 9.84 Å². The van der Waals surface area contributed by atoms with E-state index in [2.05, 4.69) is 5.43 Å². The summed E-state index contributed by atoms with van der Waals surface area (Å²) in [6.07, 6.45) is 1.20. The Morgan fingerprint density at radius 3 is 2.74 bits per heavy atom. The fourth-order valence-electron chi connectivity index (χ4n) is 2.45. The van der Waals surface area contributed by atoms with Gasteiger partial charge in [0.2, 0.25) is 0 Å². The second-order valence-electron chi connectivity index (χ2n) is 4.85. The number of hydrazine groups is 1. The van der Waals surface area contributed by atoms with Crippen molar-refractivity contribution < 1.29 is 8.42 Å². The Bertz CT molecular complexity index is 563. The molecule has 2 unspecified atom stereocenters. The number of benzene rings is 1. The second-order valence-corrected chi connectivity index (χ2v) is 7.87. The van der Waals surface area contributed by atoms with Gasteiger partial charge < -0.3 is 0 Å². The van der Waals surface area contributed by atoms with Gasteiger partial charge in [0.25, 0.3) is 0 Å². The molecule has 106 valence electrons. The van der Waals surface area contributed by atoms with Crippen LogP contribution in [-0.2, 0) is 16.3 Å². The number of hydrogen-bond donors (Lipinski definition) is 2. The fourth-order valence-corrected chi connectivity index (χ4v) is 4.72. The van der Waals surface area contributed by atoms with Gasteiger partial charge in [-0.1, -0.05) is 35.3 Å². The molecule has 1 aromatic rings. The van der Waals surface area contributed by atoms with Gasteiger partial charge in [-0.3, -0.25) is 11.3 Å². The maximum atomic E-state index is 11.5. The average Bonchev–Trinajstić information content (AvgIpc) is 2.71. The summed E-state index contributed by atoms with van der Waals surface area (Å²) in [5.41, 5.74) is 3.59. The first-order valence-electron chi connectivity index (χ1n) is 6.02. The normalized spacial score (nSPS) is 23.4. The SMILES string of the molecule is NNC(Cc1cccc(Cl)c1Cl)C1CCS(=O)(=O)C1. The van der Waals surface area contributed by atoms with Crippen LogP contribution in [0.1, 0.15) is 12.0 Å². The van der Waals surface area contributed by atoms with E-state index >= 15 is 0 Å². The van der Waals surface area contributed by atoms with E-state index in [4.69, 9.17) is 29.0 Å². The van der Waals surface area contributed by atoms with E-state index in [1.807, 2.05) is 12.1 Å². The summed E-state index contributed by atoms with van der Waals surface area (Å²) in [4.78, 5) is 0. The van der Waals surface area contributed by atoms with E-state index in [-0.39, 0.29) is 23.5 Å². The molecule has 2 atom stereocenters. The third kappa shape index (κ3) is 3.61. The van der Waals surface area contributed by atoms with Crippen molar-refractivity contribution in [1.82, 2.24) is 5.43 Å². The summed E-state index contributed by atoms with van der Waals surface area (Å²) in [5.74, 6) is 5.99. The highest BCUT2D eigenvalue weighted by molar-refractivity contribution is 7.91. The van der Waals surface area contributed by atoms with E-state index in [9.17, 15) is 8.42 Å². The molecule has 2 rings (SSSR count). The molecule has 4 nitrogen and oxygen atoms in total. The lowest BCUT2D eigenvalue weighted by atomic mass is 9.93. The molecule has 7 heteroatoms. The lowest BCUT2D eigenvalue weighted by Gasteiger charge is -2.22. The molecule has 1 aliphatic heterocycles. The number of nitrogens with two attached hydrogens (primary N) is 1. The monoisotopic (exact) mass is 322 g/mol. The summed E-state index contributed by atoms with van der Waals surface area (Å²) in [6, 6.07) is 5.30. The smallest absolute Gasteiger partial charge is 0.150 e. The van der Waals surface area contributed by atoms with Crippen molar-refractivity contribution in [2.24, 2.45) is 11.8 Å². The van der Waals surface area contributed by atoms with Gasteiger partial charge >= 0.3 is 0 Å². The van der Waals surface area contributed by atoms with Gasteiger partial charge in [-0.05, 0) is 30.4 Å². The maximum absolute atomic E-state index is 11.5. The quantitative estimate of drug-likeness (QED) is 0.655. The van der Waals surface area contributed by atoms with Crippen LogP contribution in [-0.4, -0.2) is 26.0 Å². The molecule has 19 heavy (non-hydrogen) atoms. The summed E-state index contributed by atoms with van der Waals surface area (Å²) >= 11 is 12.1. The van der Waals surface area contributed by atoms with E-state index in [1.165, 1.54) is 0 Å². The van der Waals surface area contributed by atoms with Gasteiger partial charge in [0.15, 0.2) is 9.84 Å². The number of rotatable bonds is 4. The van der Waals surface area contributed by atoms with Gasteiger partial charge in [0.1, 0.15) is 0 Å². The minimum absolute atomic E-state index is 0.0186. The van der Waals surface area contributed by atoms with Crippen molar-refractivity contribution in [3.63, 3.8) is 0 Å². The molecular formula is C12H16Cl2N2O2S. The molecule has 1 aliphatic rings. The van der Waals surface area contributed by atoms with Crippen molar-refractivity contribution in [1.29, 1.82) is 0 Å². The lowest BCUT2D eigenvalue weighted by Crippen LogP contribution is -2.43. The van der Waals surface area contributed by atoms with Gasteiger partial charge in [-0.25, -0.2) is 8.42 Å². The van der Waals surface area contributed by atoms with Crippen LogP contribution in [0.5, 0.6) is 0 Å². The highest BCUT2D eigenvalue weighted by Gasteiger charge is 2.33. The van der Waals surface area contributed by atoms with Crippen LogP contribution >= 0.6 is 23.2 Å². The molecule has 0 aliphatic carbocycles. The highest BCUT2D eigenvalue weighted by Crippen LogP contribution is 2.29. The average molecular weight is 323 g/mol. The molecule has 0 spiro atoms. The molecule has 0 bridgehead atoms. The van der Waals surface area contributed by atoms with Crippen molar-refractivity contribution in [3.05, 3.63) is 33.8 Å². The van der Waals surface area contributed by atoms with Crippen LogP contribution in [0.2, 0.25) is 10.0 Å².